The lowest BCUT2D eigenvalue weighted by Crippen LogP contribution is -2.15. The molecule has 0 aliphatic carbocycles. The highest BCUT2D eigenvalue weighted by molar-refractivity contribution is 9.10. The van der Waals surface area contributed by atoms with Crippen molar-refractivity contribution in [2.24, 2.45) is 0 Å². The quantitative estimate of drug-likeness (QED) is 0.224. The first-order valence-corrected chi connectivity index (χ1v) is 12.4. The number of nitrogens with zero attached hydrogens (tertiary/aromatic N) is 5. The Balaban J connectivity index is 1.58. The maximum Gasteiger partial charge on any atom is 0.278 e. The Morgan fingerprint density at radius 3 is 2.48 bits per heavy atom. The summed E-state index contributed by atoms with van der Waals surface area (Å²) in [5, 5.41) is 12.1. The third-order valence-electron chi connectivity index (χ3n) is 4.96. The van der Waals surface area contributed by atoms with Crippen LogP contribution in [0.5, 0.6) is 0 Å². The lowest BCUT2D eigenvalue weighted by atomic mass is 10.1. The second kappa shape index (κ2) is 11.2. The van der Waals surface area contributed by atoms with E-state index in [1.807, 2.05) is 48.5 Å². The second-order valence-corrected chi connectivity index (χ2v) is 9.21. The van der Waals surface area contributed by atoms with E-state index >= 15 is 0 Å². The molecule has 0 saturated heterocycles. The molecule has 9 heteroatoms. The van der Waals surface area contributed by atoms with E-state index in [2.05, 4.69) is 48.5 Å². The van der Waals surface area contributed by atoms with Crippen LogP contribution in [-0.2, 0) is 12.2 Å². The van der Waals surface area contributed by atoms with Crippen molar-refractivity contribution in [1.82, 2.24) is 25.0 Å². The molecule has 4 rings (SSSR count). The molecule has 33 heavy (non-hydrogen) atoms. The normalized spacial score (nSPS) is 10.8. The van der Waals surface area contributed by atoms with Gasteiger partial charge in [-0.05, 0) is 60.9 Å². The maximum atomic E-state index is 13.1. The minimum atomic E-state index is -0.302. The summed E-state index contributed by atoms with van der Waals surface area (Å²) < 4.78 is 2.64. The molecule has 0 radical (unpaired) electrons. The smallest absolute Gasteiger partial charge is 0.278 e. The number of rotatable bonds is 9. The first kappa shape index (κ1) is 23.1. The van der Waals surface area contributed by atoms with Crippen molar-refractivity contribution in [2.75, 3.05) is 5.32 Å². The zero-order valence-corrected chi connectivity index (χ0v) is 20.5. The van der Waals surface area contributed by atoms with Gasteiger partial charge in [-0.3, -0.25) is 4.79 Å². The van der Waals surface area contributed by atoms with Crippen LogP contribution in [0, 0.1) is 0 Å². The fraction of sp³-hybridized carbons (Fsp3) is 0.208. The zero-order valence-electron chi connectivity index (χ0n) is 18.1. The number of carbonyl (C=O) groups is 1. The minimum Gasteiger partial charge on any atom is -0.321 e. The van der Waals surface area contributed by atoms with Crippen LogP contribution in [0.2, 0.25) is 0 Å². The van der Waals surface area contributed by atoms with Gasteiger partial charge in [-0.15, -0.1) is 5.10 Å². The molecule has 1 N–H and O–H groups in total. The highest BCUT2D eigenvalue weighted by Crippen LogP contribution is 2.24. The van der Waals surface area contributed by atoms with Gasteiger partial charge in [0.25, 0.3) is 5.91 Å². The zero-order chi connectivity index (χ0) is 23.0. The van der Waals surface area contributed by atoms with Crippen LogP contribution >= 0.6 is 27.7 Å². The molecular formula is C24H23BrN6OS. The fourth-order valence-corrected chi connectivity index (χ4v) is 4.28. The lowest BCUT2D eigenvalue weighted by molar-refractivity contribution is 0.102. The van der Waals surface area contributed by atoms with Crippen LogP contribution in [0.25, 0.3) is 5.69 Å². The fourth-order valence-electron chi connectivity index (χ4n) is 3.22. The Hall–Kier alpha value is -3.04. The Kier molecular flexibility index (Phi) is 7.85. The van der Waals surface area contributed by atoms with Gasteiger partial charge in [0.1, 0.15) is 0 Å². The SMILES string of the molecule is CCCCc1ccc(NC(=O)c2nnn(-c3ccc(Br)cc3)c2CSc2ncccn2)cc1. The Morgan fingerprint density at radius 1 is 1.06 bits per heavy atom. The van der Waals surface area contributed by atoms with E-state index in [1.54, 1.807) is 23.1 Å². The number of halogens is 1. The molecule has 0 bridgehead atoms. The number of benzene rings is 2. The highest BCUT2D eigenvalue weighted by atomic mass is 79.9. The molecule has 0 unspecified atom stereocenters. The van der Waals surface area contributed by atoms with E-state index < -0.39 is 0 Å². The molecule has 2 aromatic carbocycles. The summed E-state index contributed by atoms with van der Waals surface area (Å²) in [6.45, 7) is 2.18. The van der Waals surface area contributed by atoms with Crippen molar-refractivity contribution < 1.29 is 4.79 Å². The third kappa shape index (κ3) is 6.06. The largest absolute Gasteiger partial charge is 0.321 e. The summed E-state index contributed by atoms with van der Waals surface area (Å²) in [5.74, 6) is 0.135. The average molecular weight is 523 g/mol. The molecule has 168 valence electrons. The highest BCUT2D eigenvalue weighted by Gasteiger charge is 2.21. The Labute approximate surface area is 205 Å². The van der Waals surface area contributed by atoms with Gasteiger partial charge in [-0.25, -0.2) is 14.6 Å². The summed E-state index contributed by atoms with van der Waals surface area (Å²) in [4.78, 5) is 21.6. The number of thioether (sulfide) groups is 1. The maximum absolute atomic E-state index is 13.1. The van der Waals surface area contributed by atoms with E-state index in [4.69, 9.17) is 0 Å². The van der Waals surface area contributed by atoms with Gasteiger partial charge in [0, 0.05) is 28.3 Å². The lowest BCUT2D eigenvalue weighted by Gasteiger charge is -2.09. The van der Waals surface area contributed by atoms with Gasteiger partial charge >= 0.3 is 0 Å². The molecule has 0 atom stereocenters. The molecule has 4 aromatic rings. The van der Waals surface area contributed by atoms with Gasteiger partial charge < -0.3 is 5.32 Å². The molecule has 2 aromatic heterocycles. The van der Waals surface area contributed by atoms with Gasteiger partial charge in [0.2, 0.25) is 0 Å². The number of carbonyl (C=O) groups excluding carboxylic acids is 1. The molecule has 0 saturated carbocycles. The Bertz CT molecular complexity index is 1200. The van der Waals surface area contributed by atoms with E-state index in [1.165, 1.54) is 17.3 Å². The molecule has 0 aliphatic heterocycles. The molecule has 1 amide bonds. The number of aryl methyl sites for hydroxylation is 1. The van der Waals surface area contributed by atoms with Crippen molar-refractivity contribution in [3.8, 4) is 5.69 Å². The average Bonchev–Trinajstić information content (AvgIpc) is 3.27. The number of aromatic nitrogens is 5. The van der Waals surface area contributed by atoms with E-state index in [0.717, 1.165) is 35.1 Å². The molecule has 0 spiro atoms. The van der Waals surface area contributed by atoms with Crippen LogP contribution in [0.15, 0.2) is 76.6 Å². The summed E-state index contributed by atoms with van der Waals surface area (Å²) in [7, 11) is 0. The summed E-state index contributed by atoms with van der Waals surface area (Å²) in [5.41, 5.74) is 3.75. The third-order valence-corrected chi connectivity index (χ3v) is 6.38. The topological polar surface area (TPSA) is 85.6 Å². The van der Waals surface area contributed by atoms with Crippen LogP contribution < -0.4 is 5.32 Å². The van der Waals surface area contributed by atoms with E-state index in [9.17, 15) is 4.79 Å². The van der Waals surface area contributed by atoms with Gasteiger partial charge in [0.15, 0.2) is 10.9 Å². The number of unbranched alkanes of at least 4 members (excludes halogenated alkanes) is 1. The molecular weight excluding hydrogens is 500 g/mol. The minimum absolute atomic E-state index is 0.274. The van der Waals surface area contributed by atoms with Crippen LogP contribution in [0.4, 0.5) is 5.69 Å². The summed E-state index contributed by atoms with van der Waals surface area (Å²) in [6, 6.07) is 17.4. The number of anilines is 1. The standard InChI is InChI=1S/C24H23BrN6OS/c1-2-3-5-17-6-10-19(11-7-17)28-23(32)22-21(16-33-24-26-14-4-15-27-24)31(30-29-22)20-12-8-18(25)9-13-20/h4,6-15H,2-3,5,16H2,1H3,(H,28,32). The van der Waals surface area contributed by atoms with Gasteiger partial charge in [-0.1, -0.05) is 58.4 Å². The number of hydrogen-bond acceptors (Lipinski definition) is 6. The second-order valence-electron chi connectivity index (χ2n) is 7.35. The predicted molar refractivity (Wildman–Crippen MR) is 134 cm³/mol. The number of nitrogens with one attached hydrogen (secondary N) is 1. The molecule has 0 aliphatic rings. The number of amides is 1. The van der Waals surface area contributed by atoms with E-state index in [0.29, 0.717) is 16.6 Å². The first-order chi connectivity index (χ1) is 16.1. The van der Waals surface area contributed by atoms with E-state index in [-0.39, 0.29) is 11.6 Å². The number of hydrogen-bond donors (Lipinski definition) is 1. The monoisotopic (exact) mass is 522 g/mol. The van der Waals surface area contributed by atoms with Crippen molar-refractivity contribution in [2.45, 2.75) is 37.1 Å². The van der Waals surface area contributed by atoms with Crippen molar-refractivity contribution >= 4 is 39.3 Å². The molecule has 7 nitrogen and oxygen atoms in total. The molecule has 0 fully saturated rings. The summed E-state index contributed by atoms with van der Waals surface area (Å²) in [6.07, 6.45) is 6.72. The molecule has 2 heterocycles. The van der Waals surface area contributed by atoms with Crippen molar-refractivity contribution in [3.63, 3.8) is 0 Å². The van der Waals surface area contributed by atoms with Crippen molar-refractivity contribution in [1.29, 1.82) is 0 Å². The van der Waals surface area contributed by atoms with Crippen molar-refractivity contribution in [3.05, 3.63) is 88.4 Å². The first-order valence-electron chi connectivity index (χ1n) is 10.6. The van der Waals surface area contributed by atoms with Gasteiger partial charge in [0.05, 0.1) is 11.4 Å². The predicted octanol–water partition coefficient (Wildman–Crippen LogP) is 5.71. The Morgan fingerprint density at radius 2 is 1.79 bits per heavy atom. The van der Waals surface area contributed by atoms with Gasteiger partial charge in [-0.2, -0.15) is 0 Å². The van der Waals surface area contributed by atoms with Crippen LogP contribution in [0.1, 0.15) is 41.5 Å². The van der Waals surface area contributed by atoms with Crippen LogP contribution in [-0.4, -0.2) is 30.9 Å². The summed E-state index contributed by atoms with van der Waals surface area (Å²) >= 11 is 4.88. The van der Waals surface area contributed by atoms with Crippen LogP contribution in [0.3, 0.4) is 0 Å².